The standard InChI is InChI=1S/C18H15FN2O3/c19-14-6-4-12(5-7-14)11-20-18(24)13-2-1-3-15(10-13)21-16(22)8-9-17(21)23/h1-7,10H,8-9,11H2,(H,20,24). The normalized spacial score (nSPS) is 14.1. The first-order chi connectivity index (χ1) is 11.5. The average molecular weight is 326 g/mol. The number of carbonyl (C=O) groups excluding carboxylic acids is 3. The van der Waals surface area contributed by atoms with Crippen molar-refractivity contribution in [3.63, 3.8) is 0 Å². The lowest BCUT2D eigenvalue weighted by Crippen LogP contribution is -2.29. The molecule has 122 valence electrons. The molecule has 0 spiro atoms. The molecule has 0 bridgehead atoms. The van der Waals surface area contributed by atoms with Crippen LogP contribution in [0.5, 0.6) is 0 Å². The van der Waals surface area contributed by atoms with Crippen LogP contribution in [0.1, 0.15) is 28.8 Å². The second-order valence-corrected chi connectivity index (χ2v) is 5.48. The summed E-state index contributed by atoms with van der Waals surface area (Å²) in [6.45, 7) is 0.255. The van der Waals surface area contributed by atoms with Crippen molar-refractivity contribution in [2.24, 2.45) is 0 Å². The predicted octanol–water partition coefficient (Wildman–Crippen LogP) is 2.41. The van der Waals surface area contributed by atoms with E-state index in [1.54, 1.807) is 30.3 Å². The second kappa shape index (κ2) is 6.62. The lowest BCUT2D eigenvalue weighted by molar-refractivity contribution is -0.121. The van der Waals surface area contributed by atoms with Crippen LogP contribution in [0.3, 0.4) is 0 Å². The Labute approximate surface area is 138 Å². The molecule has 2 aromatic carbocycles. The first kappa shape index (κ1) is 15.9. The summed E-state index contributed by atoms with van der Waals surface area (Å²) >= 11 is 0. The lowest BCUT2D eigenvalue weighted by Gasteiger charge is -2.14. The molecular weight excluding hydrogens is 311 g/mol. The Hall–Kier alpha value is -3.02. The fourth-order valence-corrected chi connectivity index (χ4v) is 2.54. The van der Waals surface area contributed by atoms with Crippen molar-refractivity contribution in [2.45, 2.75) is 19.4 Å². The molecule has 0 aliphatic carbocycles. The van der Waals surface area contributed by atoms with Gasteiger partial charge in [-0.15, -0.1) is 0 Å². The van der Waals surface area contributed by atoms with Crippen LogP contribution >= 0.6 is 0 Å². The van der Waals surface area contributed by atoms with Gasteiger partial charge in [0.05, 0.1) is 5.69 Å². The highest BCUT2D eigenvalue weighted by Crippen LogP contribution is 2.23. The quantitative estimate of drug-likeness (QED) is 0.878. The Kier molecular flexibility index (Phi) is 4.37. The third-order valence-corrected chi connectivity index (χ3v) is 3.78. The maximum atomic E-state index is 12.9. The minimum Gasteiger partial charge on any atom is -0.348 e. The molecule has 0 atom stereocenters. The minimum absolute atomic E-state index is 0.194. The summed E-state index contributed by atoms with van der Waals surface area (Å²) in [5.74, 6) is -1.19. The van der Waals surface area contributed by atoms with Gasteiger partial charge in [0, 0.05) is 24.9 Å². The van der Waals surface area contributed by atoms with Crippen LogP contribution in [-0.2, 0) is 16.1 Å². The smallest absolute Gasteiger partial charge is 0.251 e. The van der Waals surface area contributed by atoms with Crippen LogP contribution in [0, 0.1) is 5.82 Å². The number of hydrogen-bond acceptors (Lipinski definition) is 3. The molecular formula is C18H15FN2O3. The van der Waals surface area contributed by atoms with Crippen LogP contribution in [0.2, 0.25) is 0 Å². The van der Waals surface area contributed by atoms with Crippen LogP contribution in [0.15, 0.2) is 48.5 Å². The van der Waals surface area contributed by atoms with Crippen LogP contribution in [0.25, 0.3) is 0 Å². The van der Waals surface area contributed by atoms with Gasteiger partial charge in [0.2, 0.25) is 11.8 Å². The van der Waals surface area contributed by atoms with Crippen molar-refractivity contribution in [2.75, 3.05) is 4.90 Å². The van der Waals surface area contributed by atoms with Crippen molar-refractivity contribution in [1.29, 1.82) is 0 Å². The van der Waals surface area contributed by atoms with Crippen molar-refractivity contribution in [3.8, 4) is 0 Å². The summed E-state index contributed by atoms with van der Waals surface area (Å²) in [5.41, 5.74) is 1.52. The molecule has 1 aliphatic heterocycles. The Bertz CT molecular complexity index is 786. The fraction of sp³-hybridized carbons (Fsp3) is 0.167. The predicted molar refractivity (Wildman–Crippen MR) is 85.7 cm³/mol. The molecule has 1 saturated heterocycles. The monoisotopic (exact) mass is 326 g/mol. The van der Waals surface area contributed by atoms with E-state index in [0.717, 1.165) is 10.5 Å². The number of nitrogens with zero attached hydrogens (tertiary/aromatic N) is 1. The van der Waals surface area contributed by atoms with Gasteiger partial charge in [-0.25, -0.2) is 4.39 Å². The summed E-state index contributed by atoms with van der Waals surface area (Å²) in [6, 6.07) is 12.2. The third-order valence-electron chi connectivity index (χ3n) is 3.78. The summed E-state index contributed by atoms with van der Waals surface area (Å²) < 4.78 is 12.9. The molecule has 0 saturated carbocycles. The van der Waals surface area contributed by atoms with Gasteiger partial charge >= 0.3 is 0 Å². The molecule has 0 radical (unpaired) electrons. The average Bonchev–Trinajstić information content (AvgIpc) is 2.93. The number of amides is 3. The number of halogens is 1. The number of nitrogens with one attached hydrogen (secondary N) is 1. The first-order valence-electron chi connectivity index (χ1n) is 7.53. The van der Waals surface area contributed by atoms with E-state index in [4.69, 9.17) is 0 Å². The molecule has 6 heteroatoms. The van der Waals surface area contributed by atoms with Gasteiger partial charge in [-0.05, 0) is 35.9 Å². The van der Waals surface area contributed by atoms with E-state index < -0.39 is 0 Å². The lowest BCUT2D eigenvalue weighted by atomic mass is 10.1. The Morgan fingerprint density at radius 1 is 1.04 bits per heavy atom. The zero-order valence-corrected chi connectivity index (χ0v) is 12.8. The maximum absolute atomic E-state index is 12.9. The molecule has 5 nitrogen and oxygen atoms in total. The first-order valence-corrected chi connectivity index (χ1v) is 7.53. The van der Waals surface area contributed by atoms with E-state index in [0.29, 0.717) is 11.3 Å². The van der Waals surface area contributed by atoms with Gasteiger partial charge in [-0.2, -0.15) is 0 Å². The van der Waals surface area contributed by atoms with Crippen molar-refractivity contribution >= 4 is 23.4 Å². The zero-order chi connectivity index (χ0) is 17.1. The van der Waals surface area contributed by atoms with Gasteiger partial charge in [0.1, 0.15) is 5.82 Å². The van der Waals surface area contributed by atoms with E-state index in [-0.39, 0.29) is 42.9 Å². The summed E-state index contributed by atoms with van der Waals surface area (Å²) in [5, 5.41) is 2.73. The molecule has 1 aliphatic rings. The van der Waals surface area contributed by atoms with Crippen LogP contribution < -0.4 is 10.2 Å². The molecule has 1 fully saturated rings. The van der Waals surface area contributed by atoms with Crippen LogP contribution in [-0.4, -0.2) is 17.7 Å². The highest BCUT2D eigenvalue weighted by Gasteiger charge is 2.30. The van der Waals surface area contributed by atoms with Crippen LogP contribution in [0.4, 0.5) is 10.1 Å². The van der Waals surface area contributed by atoms with Gasteiger partial charge in [-0.1, -0.05) is 18.2 Å². The molecule has 3 rings (SSSR count). The Balaban J connectivity index is 1.71. The number of rotatable bonds is 4. The molecule has 3 amide bonds. The topological polar surface area (TPSA) is 66.5 Å². The molecule has 1 heterocycles. The van der Waals surface area contributed by atoms with Gasteiger partial charge in [-0.3, -0.25) is 19.3 Å². The fourth-order valence-electron chi connectivity index (χ4n) is 2.54. The highest BCUT2D eigenvalue weighted by molar-refractivity contribution is 6.20. The number of hydrogen-bond donors (Lipinski definition) is 1. The van der Waals surface area contributed by atoms with Crippen molar-refractivity contribution in [1.82, 2.24) is 5.32 Å². The molecule has 2 aromatic rings. The molecule has 24 heavy (non-hydrogen) atoms. The second-order valence-electron chi connectivity index (χ2n) is 5.48. The summed E-state index contributed by atoms with van der Waals surface area (Å²) in [4.78, 5) is 36.9. The Morgan fingerprint density at radius 3 is 2.38 bits per heavy atom. The number of imide groups is 1. The minimum atomic E-state index is -0.335. The van der Waals surface area contributed by atoms with Crippen molar-refractivity contribution in [3.05, 3.63) is 65.5 Å². The number of carbonyl (C=O) groups is 3. The van der Waals surface area contributed by atoms with Crippen molar-refractivity contribution < 1.29 is 18.8 Å². The molecule has 0 unspecified atom stereocenters. The largest absolute Gasteiger partial charge is 0.348 e. The van der Waals surface area contributed by atoms with E-state index in [2.05, 4.69) is 5.32 Å². The summed E-state index contributed by atoms with van der Waals surface area (Å²) in [6.07, 6.45) is 0.389. The van der Waals surface area contributed by atoms with Gasteiger partial charge in [0.25, 0.3) is 5.91 Å². The third kappa shape index (κ3) is 3.32. The number of benzene rings is 2. The SMILES string of the molecule is O=C(NCc1ccc(F)cc1)c1cccc(N2C(=O)CCC2=O)c1. The molecule has 0 aromatic heterocycles. The summed E-state index contributed by atoms with van der Waals surface area (Å²) in [7, 11) is 0. The van der Waals surface area contributed by atoms with E-state index in [9.17, 15) is 18.8 Å². The van der Waals surface area contributed by atoms with E-state index >= 15 is 0 Å². The van der Waals surface area contributed by atoms with Gasteiger partial charge in [0.15, 0.2) is 0 Å². The maximum Gasteiger partial charge on any atom is 0.251 e. The highest BCUT2D eigenvalue weighted by atomic mass is 19.1. The zero-order valence-electron chi connectivity index (χ0n) is 12.8. The van der Waals surface area contributed by atoms with E-state index in [1.807, 2.05) is 0 Å². The number of anilines is 1. The Morgan fingerprint density at radius 2 is 1.71 bits per heavy atom. The molecule has 1 N–H and O–H groups in total. The van der Waals surface area contributed by atoms with Gasteiger partial charge < -0.3 is 5.32 Å². The van der Waals surface area contributed by atoms with E-state index in [1.165, 1.54) is 18.2 Å².